The van der Waals surface area contributed by atoms with Crippen LogP contribution in [0.4, 0.5) is 4.39 Å². The van der Waals surface area contributed by atoms with Crippen LogP contribution in [0.2, 0.25) is 5.02 Å². The molecular formula is C12H13ClFN3. The van der Waals surface area contributed by atoms with E-state index in [2.05, 4.69) is 24.0 Å². The van der Waals surface area contributed by atoms with Gasteiger partial charge in [-0.1, -0.05) is 25.4 Å². The lowest BCUT2D eigenvalue weighted by Gasteiger charge is -2.09. The lowest BCUT2D eigenvalue weighted by Crippen LogP contribution is -2.05. The summed E-state index contributed by atoms with van der Waals surface area (Å²) in [5.41, 5.74) is 0.424. The van der Waals surface area contributed by atoms with Crippen molar-refractivity contribution < 1.29 is 4.39 Å². The highest BCUT2D eigenvalue weighted by atomic mass is 35.5. The summed E-state index contributed by atoms with van der Waals surface area (Å²) in [6.45, 7) is 4.92. The zero-order chi connectivity index (χ0) is 12.4. The van der Waals surface area contributed by atoms with Crippen LogP contribution in [0.25, 0.3) is 11.4 Å². The van der Waals surface area contributed by atoms with Crippen molar-refractivity contribution in [1.29, 1.82) is 0 Å². The van der Waals surface area contributed by atoms with E-state index in [1.807, 2.05) is 4.57 Å². The van der Waals surface area contributed by atoms with Crippen molar-refractivity contribution in [3.05, 3.63) is 35.4 Å². The molecule has 0 N–H and O–H groups in total. The molecule has 0 unspecified atom stereocenters. The van der Waals surface area contributed by atoms with E-state index in [0.29, 0.717) is 22.3 Å². The molecule has 0 aliphatic rings. The lowest BCUT2D eigenvalue weighted by atomic mass is 10.2. The minimum Gasteiger partial charge on any atom is -0.313 e. The van der Waals surface area contributed by atoms with Crippen molar-refractivity contribution in [3.63, 3.8) is 0 Å². The Kier molecular flexibility index (Phi) is 3.43. The normalized spacial score (nSPS) is 11.1. The van der Waals surface area contributed by atoms with Gasteiger partial charge < -0.3 is 4.57 Å². The zero-order valence-electron chi connectivity index (χ0n) is 9.69. The van der Waals surface area contributed by atoms with E-state index in [-0.39, 0.29) is 5.82 Å². The first-order valence-corrected chi connectivity index (χ1v) is 5.79. The number of benzene rings is 1. The Morgan fingerprint density at radius 3 is 2.82 bits per heavy atom. The molecule has 90 valence electrons. The van der Waals surface area contributed by atoms with Gasteiger partial charge in [-0.05, 0) is 24.1 Å². The monoisotopic (exact) mass is 253 g/mol. The Bertz CT molecular complexity index is 522. The summed E-state index contributed by atoms with van der Waals surface area (Å²) in [7, 11) is 0. The molecule has 0 aliphatic heterocycles. The van der Waals surface area contributed by atoms with Crippen LogP contribution >= 0.6 is 11.6 Å². The number of hydrogen-bond donors (Lipinski definition) is 0. The highest BCUT2D eigenvalue weighted by molar-refractivity contribution is 6.30. The average Bonchev–Trinajstić information content (AvgIpc) is 2.65. The molecule has 0 bridgehead atoms. The SMILES string of the molecule is CC(C)Cn1cnnc1-c1ccc(Cl)cc1F. The van der Waals surface area contributed by atoms with E-state index in [0.717, 1.165) is 6.54 Å². The number of nitrogens with zero attached hydrogens (tertiary/aromatic N) is 3. The summed E-state index contributed by atoms with van der Waals surface area (Å²) in [5.74, 6) is 0.600. The highest BCUT2D eigenvalue weighted by Crippen LogP contribution is 2.24. The van der Waals surface area contributed by atoms with Crippen molar-refractivity contribution in [2.75, 3.05) is 0 Å². The summed E-state index contributed by atoms with van der Waals surface area (Å²) in [5, 5.41) is 8.16. The van der Waals surface area contributed by atoms with E-state index in [1.54, 1.807) is 18.5 Å². The quantitative estimate of drug-likeness (QED) is 0.839. The fraction of sp³-hybridized carbons (Fsp3) is 0.333. The first kappa shape index (κ1) is 12.0. The molecule has 0 spiro atoms. The Hall–Kier alpha value is -1.42. The van der Waals surface area contributed by atoms with Gasteiger partial charge in [-0.25, -0.2) is 4.39 Å². The van der Waals surface area contributed by atoms with Gasteiger partial charge in [0.1, 0.15) is 12.1 Å². The third-order valence-electron chi connectivity index (χ3n) is 2.35. The molecule has 3 nitrogen and oxygen atoms in total. The summed E-state index contributed by atoms with van der Waals surface area (Å²) < 4.78 is 15.6. The highest BCUT2D eigenvalue weighted by Gasteiger charge is 2.13. The largest absolute Gasteiger partial charge is 0.313 e. The first-order chi connectivity index (χ1) is 8.08. The maximum atomic E-state index is 13.8. The van der Waals surface area contributed by atoms with Gasteiger partial charge in [-0.3, -0.25) is 0 Å². The second-order valence-electron chi connectivity index (χ2n) is 4.32. The van der Waals surface area contributed by atoms with E-state index >= 15 is 0 Å². The Labute approximate surface area is 104 Å². The molecule has 1 aromatic heterocycles. The molecule has 0 saturated carbocycles. The first-order valence-electron chi connectivity index (χ1n) is 5.41. The fourth-order valence-corrected chi connectivity index (χ4v) is 1.82. The van der Waals surface area contributed by atoms with E-state index in [1.165, 1.54) is 6.07 Å². The number of hydrogen-bond acceptors (Lipinski definition) is 2. The second kappa shape index (κ2) is 4.84. The Balaban J connectivity index is 2.42. The van der Waals surface area contributed by atoms with Crippen LogP contribution in [0.5, 0.6) is 0 Å². The average molecular weight is 254 g/mol. The van der Waals surface area contributed by atoms with Crippen LogP contribution in [-0.2, 0) is 6.54 Å². The molecule has 1 heterocycles. The summed E-state index contributed by atoms with van der Waals surface area (Å²) in [6, 6.07) is 4.55. The van der Waals surface area contributed by atoms with Crippen LogP contribution in [-0.4, -0.2) is 14.8 Å². The molecule has 2 rings (SSSR count). The minimum absolute atomic E-state index is 0.376. The summed E-state index contributed by atoms with van der Waals surface area (Å²) in [6.07, 6.45) is 1.61. The molecule has 0 saturated heterocycles. The van der Waals surface area contributed by atoms with E-state index < -0.39 is 0 Å². The van der Waals surface area contributed by atoms with Gasteiger partial charge in [-0.15, -0.1) is 10.2 Å². The molecule has 1 aromatic carbocycles. The van der Waals surface area contributed by atoms with Crippen LogP contribution in [0.3, 0.4) is 0 Å². The molecule has 2 aromatic rings. The topological polar surface area (TPSA) is 30.7 Å². The molecular weight excluding hydrogens is 241 g/mol. The predicted molar refractivity (Wildman–Crippen MR) is 65.3 cm³/mol. The van der Waals surface area contributed by atoms with Gasteiger partial charge in [0, 0.05) is 11.6 Å². The van der Waals surface area contributed by atoms with Crippen molar-refractivity contribution >= 4 is 11.6 Å². The molecule has 0 radical (unpaired) electrons. The van der Waals surface area contributed by atoms with Crippen molar-refractivity contribution in [2.24, 2.45) is 5.92 Å². The Morgan fingerprint density at radius 2 is 2.18 bits per heavy atom. The molecule has 0 amide bonds. The van der Waals surface area contributed by atoms with Crippen LogP contribution in [0.1, 0.15) is 13.8 Å². The minimum atomic E-state index is -0.379. The van der Waals surface area contributed by atoms with Gasteiger partial charge >= 0.3 is 0 Å². The fourth-order valence-electron chi connectivity index (χ4n) is 1.66. The summed E-state index contributed by atoms with van der Waals surface area (Å²) in [4.78, 5) is 0. The Morgan fingerprint density at radius 1 is 1.41 bits per heavy atom. The maximum Gasteiger partial charge on any atom is 0.166 e. The molecule has 0 fully saturated rings. The number of halogens is 2. The van der Waals surface area contributed by atoms with Gasteiger partial charge in [0.15, 0.2) is 5.82 Å². The van der Waals surface area contributed by atoms with Gasteiger partial charge in [0.2, 0.25) is 0 Å². The van der Waals surface area contributed by atoms with Crippen LogP contribution in [0.15, 0.2) is 24.5 Å². The number of rotatable bonds is 3. The van der Waals surface area contributed by atoms with E-state index in [4.69, 9.17) is 11.6 Å². The molecule has 0 atom stereocenters. The van der Waals surface area contributed by atoms with Crippen LogP contribution in [0, 0.1) is 11.7 Å². The third-order valence-corrected chi connectivity index (χ3v) is 2.58. The maximum absolute atomic E-state index is 13.8. The van der Waals surface area contributed by atoms with Crippen molar-refractivity contribution in [1.82, 2.24) is 14.8 Å². The molecule has 5 heteroatoms. The standard InChI is InChI=1S/C12H13ClFN3/c1-8(2)6-17-7-15-16-12(17)10-4-3-9(13)5-11(10)14/h3-5,7-8H,6H2,1-2H3. The van der Waals surface area contributed by atoms with E-state index in [9.17, 15) is 4.39 Å². The molecule has 0 aliphatic carbocycles. The summed E-state index contributed by atoms with van der Waals surface area (Å²) >= 11 is 5.72. The van der Waals surface area contributed by atoms with Gasteiger partial charge in [0.05, 0.1) is 5.56 Å². The smallest absolute Gasteiger partial charge is 0.166 e. The van der Waals surface area contributed by atoms with Gasteiger partial charge in [-0.2, -0.15) is 0 Å². The van der Waals surface area contributed by atoms with Gasteiger partial charge in [0.25, 0.3) is 0 Å². The number of aromatic nitrogens is 3. The third kappa shape index (κ3) is 2.64. The zero-order valence-corrected chi connectivity index (χ0v) is 10.4. The predicted octanol–water partition coefficient (Wildman–Crippen LogP) is 3.39. The van der Waals surface area contributed by atoms with Crippen molar-refractivity contribution in [2.45, 2.75) is 20.4 Å². The second-order valence-corrected chi connectivity index (χ2v) is 4.76. The van der Waals surface area contributed by atoms with Crippen LogP contribution < -0.4 is 0 Å². The van der Waals surface area contributed by atoms with Crippen molar-refractivity contribution in [3.8, 4) is 11.4 Å². The molecule has 17 heavy (non-hydrogen) atoms. The lowest BCUT2D eigenvalue weighted by molar-refractivity contribution is 0.523.